The van der Waals surface area contributed by atoms with Crippen molar-refractivity contribution in [1.82, 2.24) is 9.80 Å². The molecule has 0 aromatic rings. The lowest BCUT2D eigenvalue weighted by molar-refractivity contribution is 0.00501. The number of ether oxygens (including phenoxy) is 4. The van der Waals surface area contributed by atoms with E-state index in [0.29, 0.717) is 65.9 Å². The summed E-state index contributed by atoms with van der Waals surface area (Å²) in [6, 6.07) is 0. The molecule has 1 saturated heterocycles. The third-order valence-corrected chi connectivity index (χ3v) is 3.78. The minimum absolute atomic E-state index is 0.135. The molecule has 0 aromatic carbocycles. The number of hydrogen-bond donors (Lipinski definition) is 2. The molecule has 8 heteroatoms. The zero-order chi connectivity index (χ0) is 17.3. The molecule has 0 radical (unpaired) electrons. The minimum atomic E-state index is 0.135. The van der Waals surface area contributed by atoms with Crippen LogP contribution in [0.1, 0.15) is 0 Å². The number of aliphatic hydroxyl groups excluding tert-OH is 2. The maximum absolute atomic E-state index is 9.09. The molecule has 2 N–H and O–H groups in total. The first-order valence-electron chi connectivity index (χ1n) is 8.84. The Kier molecular flexibility index (Phi) is 14.6. The van der Waals surface area contributed by atoms with E-state index >= 15 is 0 Å². The van der Waals surface area contributed by atoms with Gasteiger partial charge in [0.15, 0.2) is 0 Å². The Hall–Kier alpha value is -0.320. The summed E-state index contributed by atoms with van der Waals surface area (Å²) in [5, 5.41) is 18.2. The number of nitrogens with zero attached hydrogens (tertiary/aromatic N) is 2. The number of rotatable bonds is 4. The van der Waals surface area contributed by atoms with Crippen LogP contribution in [0.2, 0.25) is 0 Å². The molecule has 8 nitrogen and oxygen atoms in total. The van der Waals surface area contributed by atoms with Gasteiger partial charge in [-0.1, -0.05) is 0 Å². The van der Waals surface area contributed by atoms with Gasteiger partial charge in [-0.2, -0.15) is 0 Å². The number of hydrogen-bond acceptors (Lipinski definition) is 8. The fourth-order valence-electron chi connectivity index (χ4n) is 2.37. The summed E-state index contributed by atoms with van der Waals surface area (Å²) in [7, 11) is 0. The SMILES string of the molecule is OCCN1CCOCCOCCN(CCO)CCOCCOCC1. The molecule has 0 bridgehead atoms. The van der Waals surface area contributed by atoms with Crippen molar-refractivity contribution in [3.8, 4) is 0 Å². The van der Waals surface area contributed by atoms with Crippen molar-refractivity contribution in [3.63, 3.8) is 0 Å². The van der Waals surface area contributed by atoms with Gasteiger partial charge in [-0.25, -0.2) is 0 Å². The van der Waals surface area contributed by atoms with Crippen LogP contribution in [0, 0.1) is 0 Å². The van der Waals surface area contributed by atoms with Gasteiger partial charge < -0.3 is 29.2 Å². The van der Waals surface area contributed by atoms with Crippen molar-refractivity contribution in [3.05, 3.63) is 0 Å². The van der Waals surface area contributed by atoms with Crippen LogP contribution in [0.3, 0.4) is 0 Å². The first-order valence-corrected chi connectivity index (χ1v) is 8.84. The van der Waals surface area contributed by atoms with Gasteiger partial charge in [0.2, 0.25) is 0 Å². The second-order valence-corrected chi connectivity index (χ2v) is 5.58. The monoisotopic (exact) mass is 350 g/mol. The van der Waals surface area contributed by atoms with Crippen LogP contribution in [-0.2, 0) is 18.9 Å². The van der Waals surface area contributed by atoms with Crippen LogP contribution in [0.4, 0.5) is 0 Å². The van der Waals surface area contributed by atoms with E-state index < -0.39 is 0 Å². The van der Waals surface area contributed by atoms with Gasteiger partial charge in [0.25, 0.3) is 0 Å². The summed E-state index contributed by atoms with van der Waals surface area (Å²) >= 11 is 0. The molecule has 1 heterocycles. The summed E-state index contributed by atoms with van der Waals surface area (Å²) in [4.78, 5) is 4.25. The van der Waals surface area contributed by atoms with E-state index in [1.165, 1.54) is 0 Å². The summed E-state index contributed by atoms with van der Waals surface area (Å²) in [5.74, 6) is 0. The van der Waals surface area contributed by atoms with Gasteiger partial charge in [0, 0.05) is 39.3 Å². The summed E-state index contributed by atoms with van der Waals surface area (Å²) in [6.45, 7) is 9.30. The maximum Gasteiger partial charge on any atom is 0.0701 e. The zero-order valence-electron chi connectivity index (χ0n) is 14.7. The highest BCUT2D eigenvalue weighted by molar-refractivity contribution is 4.58. The highest BCUT2D eigenvalue weighted by Crippen LogP contribution is 1.93. The van der Waals surface area contributed by atoms with Crippen LogP contribution in [0.5, 0.6) is 0 Å². The van der Waals surface area contributed by atoms with Crippen molar-refractivity contribution in [2.75, 3.05) is 105 Å². The topological polar surface area (TPSA) is 83.9 Å². The standard InChI is InChI=1S/C16H34N2O6/c19-7-1-17-3-9-21-13-15-23-11-5-18(2-8-20)6-12-24-16-14-22-10-4-17/h19-20H,1-16H2. The summed E-state index contributed by atoms with van der Waals surface area (Å²) < 4.78 is 22.3. The highest BCUT2D eigenvalue weighted by Gasteiger charge is 2.06. The summed E-state index contributed by atoms with van der Waals surface area (Å²) in [6.07, 6.45) is 0. The lowest BCUT2D eigenvalue weighted by Crippen LogP contribution is -2.35. The Balaban J connectivity index is 2.29. The van der Waals surface area contributed by atoms with Gasteiger partial charge in [-0.05, 0) is 0 Å². The van der Waals surface area contributed by atoms with E-state index in [9.17, 15) is 0 Å². The van der Waals surface area contributed by atoms with Crippen molar-refractivity contribution in [2.45, 2.75) is 0 Å². The average Bonchev–Trinajstić information content (AvgIpc) is 2.58. The molecule has 1 rings (SSSR count). The first-order chi connectivity index (χ1) is 11.9. The molecule has 144 valence electrons. The second kappa shape index (κ2) is 16.2. The molecule has 0 aromatic heterocycles. The van der Waals surface area contributed by atoms with E-state index in [1.807, 2.05) is 0 Å². The Bertz CT molecular complexity index is 227. The molecule has 0 amide bonds. The van der Waals surface area contributed by atoms with E-state index in [1.54, 1.807) is 0 Å². The van der Waals surface area contributed by atoms with Gasteiger partial charge in [0.05, 0.1) is 66.1 Å². The van der Waals surface area contributed by atoms with Crippen molar-refractivity contribution < 1.29 is 29.2 Å². The highest BCUT2D eigenvalue weighted by atomic mass is 16.5. The minimum Gasteiger partial charge on any atom is -0.395 e. The molecular weight excluding hydrogens is 316 g/mol. The van der Waals surface area contributed by atoms with Gasteiger partial charge in [-0.3, -0.25) is 9.80 Å². The average molecular weight is 350 g/mol. The first kappa shape index (κ1) is 21.7. The molecule has 1 aliphatic heterocycles. The third kappa shape index (κ3) is 12.1. The molecular formula is C16H34N2O6. The van der Waals surface area contributed by atoms with Gasteiger partial charge in [-0.15, -0.1) is 0 Å². The van der Waals surface area contributed by atoms with Crippen LogP contribution >= 0.6 is 0 Å². The number of aliphatic hydroxyl groups is 2. The third-order valence-electron chi connectivity index (χ3n) is 3.78. The summed E-state index contributed by atoms with van der Waals surface area (Å²) in [5.41, 5.74) is 0. The molecule has 0 unspecified atom stereocenters. The van der Waals surface area contributed by atoms with Crippen molar-refractivity contribution in [1.29, 1.82) is 0 Å². The quantitative estimate of drug-likeness (QED) is 0.644. The van der Waals surface area contributed by atoms with Crippen LogP contribution < -0.4 is 0 Å². The zero-order valence-corrected chi connectivity index (χ0v) is 14.7. The van der Waals surface area contributed by atoms with Crippen LogP contribution in [-0.4, -0.2) is 125 Å². The van der Waals surface area contributed by atoms with E-state index in [2.05, 4.69) is 9.80 Å². The smallest absolute Gasteiger partial charge is 0.0701 e. The van der Waals surface area contributed by atoms with E-state index in [0.717, 1.165) is 26.2 Å². The Morgan fingerprint density at radius 3 is 1.04 bits per heavy atom. The largest absolute Gasteiger partial charge is 0.395 e. The Morgan fingerprint density at radius 1 is 0.500 bits per heavy atom. The second-order valence-electron chi connectivity index (χ2n) is 5.58. The Labute approximate surface area is 145 Å². The van der Waals surface area contributed by atoms with E-state index in [-0.39, 0.29) is 13.2 Å². The molecule has 1 fully saturated rings. The normalized spacial score (nSPS) is 22.8. The molecule has 0 spiro atoms. The number of β-amino-alcohol motifs (C(OH)–C–C–N with tert-alkyl or cyclic N) is 2. The fraction of sp³-hybridized carbons (Fsp3) is 1.00. The molecule has 1 aliphatic rings. The molecule has 0 atom stereocenters. The lowest BCUT2D eigenvalue weighted by Gasteiger charge is -2.22. The van der Waals surface area contributed by atoms with Gasteiger partial charge in [0.1, 0.15) is 0 Å². The van der Waals surface area contributed by atoms with Crippen molar-refractivity contribution >= 4 is 0 Å². The van der Waals surface area contributed by atoms with Crippen LogP contribution in [0.25, 0.3) is 0 Å². The molecule has 0 aliphatic carbocycles. The lowest BCUT2D eigenvalue weighted by atomic mass is 10.4. The maximum atomic E-state index is 9.09. The van der Waals surface area contributed by atoms with Gasteiger partial charge >= 0.3 is 0 Å². The predicted molar refractivity (Wildman–Crippen MR) is 90.3 cm³/mol. The van der Waals surface area contributed by atoms with E-state index in [4.69, 9.17) is 29.2 Å². The fourth-order valence-corrected chi connectivity index (χ4v) is 2.37. The van der Waals surface area contributed by atoms with Crippen LogP contribution in [0.15, 0.2) is 0 Å². The molecule has 0 saturated carbocycles. The van der Waals surface area contributed by atoms with Crippen molar-refractivity contribution in [2.24, 2.45) is 0 Å². The Morgan fingerprint density at radius 2 is 0.792 bits per heavy atom. The molecule has 24 heavy (non-hydrogen) atoms. The predicted octanol–water partition coefficient (Wildman–Crippen LogP) is -1.34.